The van der Waals surface area contributed by atoms with Gasteiger partial charge < -0.3 is 9.88 Å². The van der Waals surface area contributed by atoms with E-state index >= 15 is 0 Å². The zero-order valence-corrected chi connectivity index (χ0v) is 12.7. The molecular formula is C16H13BrFN3. The van der Waals surface area contributed by atoms with Crippen molar-refractivity contribution in [3.63, 3.8) is 0 Å². The summed E-state index contributed by atoms with van der Waals surface area (Å²) in [5, 5.41) is 3.23. The van der Waals surface area contributed by atoms with Gasteiger partial charge in [0.2, 0.25) is 0 Å². The van der Waals surface area contributed by atoms with Crippen LogP contribution in [0.5, 0.6) is 0 Å². The van der Waals surface area contributed by atoms with Gasteiger partial charge in [-0.15, -0.1) is 0 Å². The summed E-state index contributed by atoms with van der Waals surface area (Å²) in [6.07, 6.45) is 5.36. The lowest BCUT2D eigenvalue weighted by Gasteiger charge is -2.10. The maximum Gasteiger partial charge on any atom is 0.129 e. The average molecular weight is 346 g/mol. The highest BCUT2D eigenvalue weighted by Gasteiger charge is 2.03. The van der Waals surface area contributed by atoms with Gasteiger partial charge in [-0.2, -0.15) is 0 Å². The minimum absolute atomic E-state index is 0.220. The molecule has 3 rings (SSSR count). The predicted molar refractivity (Wildman–Crippen MR) is 85.0 cm³/mol. The molecule has 0 saturated carbocycles. The Kier molecular flexibility index (Phi) is 4.01. The number of hydrogen-bond donors (Lipinski definition) is 1. The molecule has 1 aromatic heterocycles. The van der Waals surface area contributed by atoms with Crippen molar-refractivity contribution in [3.8, 4) is 5.69 Å². The van der Waals surface area contributed by atoms with Crippen molar-refractivity contribution < 1.29 is 4.39 Å². The standard InChI is InChI=1S/C16H13BrFN3/c17-13-5-4-12(16(18)8-13)10-20-14-2-1-3-15(9-14)21-7-6-19-11-21/h1-9,11,20H,10H2. The van der Waals surface area contributed by atoms with Gasteiger partial charge in [0, 0.05) is 40.3 Å². The van der Waals surface area contributed by atoms with E-state index in [0.717, 1.165) is 15.8 Å². The van der Waals surface area contributed by atoms with E-state index in [1.54, 1.807) is 18.6 Å². The van der Waals surface area contributed by atoms with Gasteiger partial charge in [-0.3, -0.25) is 0 Å². The first-order chi connectivity index (χ1) is 10.2. The summed E-state index contributed by atoms with van der Waals surface area (Å²) in [6, 6.07) is 13.0. The largest absolute Gasteiger partial charge is 0.381 e. The second-order valence-corrected chi connectivity index (χ2v) is 5.53. The van der Waals surface area contributed by atoms with E-state index < -0.39 is 0 Å². The van der Waals surface area contributed by atoms with Crippen molar-refractivity contribution in [2.24, 2.45) is 0 Å². The van der Waals surface area contributed by atoms with E-state index in [1.165, 1.54) is 6.07 Å². The fourth-order valence-corrected chi connectivity index (χ4v) is 2.38. The van der Waals surface area contributed by atoms with Crippen LogP contribution in [0.25, 0.3) is 5.69 Å². The molecule has 0 saturated heterocycles. The van der Waals surface area contributed by atoms with Gasteiger partial charge in [0.05, 0.1) is 6.33 Å². The monoisotopic (exact) mass is 345 g/mol. The number of benzene rings is 2. The van der Waals surface area contributed by atoms with E-state index in [9.17, 15) is 4.39 Å². The molecule has 0 aliphatic heterocycles. The lowest BCUT2D eigenvalue weighted by Crippen LogP contribution is -2.02. The van der Waals surface area contributed by atoms with Gasteiger partial charge >= 0.3 is 0 Å². The molecule has 0 aliphatic carbocycles. The third-order valence-corrected chi connectivity index (χ3v) is 3.64. The minimum atomic E-state index is -0.220. The van der Waals surface area contributed by atoms with Gasteiger partial charge in [-0.05, 0) is 30.3 Å². The molecule has 0 bridgehead atoms. The molecule has 1 N–H and O–H groups in total. The van der Waals surface area contributed by atoms with E-state index in [0.29, 0.717) is 12.1 Å². The molecule has 3 nitrogen and oxygen atoms in total. The fraction of sp³-hybridized carbons (Fsp3) is 0.0625. The number of hydrogen-bond acceptors (Lipinski definition) is 2. The molecule has 21 heavy (non-hydrogen) atoms. The molecule has 0 radical (unpaired) electrons. The maximum absolute atomic E-state index is 13.8. The Bertz CT molecular complexity index is 741. The molecule has 5 heteroatoms. The lowest BCUT2D eigenvalue weighted by atomic mass is 10.2. The first-order valence-corrected chi connectivity index (χ1v) is 7.28. The molecule has 0 spiro atoms. The van der Waals surface area contributed by atoms with E-state index in [1.807, 2.05) is 41.1 Å². The molecular weight excluding hydrogens is 333 g/mol. The minimum Gasteiger partial charge on any atom is -0.381 e. The van der Waals surface area contributed by atoms with Crippen LogP contribution in [-0.4, -0.2) is 9.55 Å². The Morgan fingerprint density at radius 2 is 2.10 bits per heavy atom. The number of halogens is 2. The van der Waals surface area contributed by atoms with E-state index in [2.05, 4.69) is 26.2 Å². The molecule has 1 heterocycles. The van der Waals surface area contributed by atoms with E-state index in [4.69, 9.17) is 0 Å². The van der Waals surface area contributed by atoms with E-state index in [-0.39, 0.29) is 5.82 Å². The molecule has 3 aromatic rings. The van der Waals surface area contributed by atoms with Crippen LogP contribution in [0.15, 0.2) is 65.7 Å². The third kappa shape index (κ3) is 3.31. The van der Waals surface area contributed by atoms with Crippen LogP contribution < -0.4 is 5.32 Å². The van der Waals surface area contributed by atoms with Crippen LogP contribution in [0.2, 0.25) is 0 Å². The zero-order valence-electron chi connectivity index (χ0n) is 11.1. The van der Waals surface area contributed by atoms with Gasteiger partial charge in [-0.25, -0.2) is 9.37 Å². The molecule has 0 amide bonds. The first-order valence-electron chi connectivity index (χ1n) is 6.48. The number of nitrogens with zero attached hydrogens (tertiary/aromatic N) is 2. The number of imidazole rings is 1. The number of nitrogens with one attached hydrogen (secondary N) is 1. The third-order valence-electron chi connectivity index (χ3n) is 3.15. The predicted octanol–water partition coefficient (Wildman–Crippen LogP) is 4.39. The van der Waals surface area contributed by atoms with Crippen LogP contribution in [0, 0.1) is 5.82 Å². The summed E-state index contributed by atoms with van der Waals surface area (Å²) in [5.74, 6) is -0.220. The lowest BCUT2D eigenvalue weighted by molar-refractivity contribution is 0.612. The van der Waals surface area contributed by atoms with Crippen LogP contribution in [0.3, 0.4) is 0 Å². The molecule has 2 aromatic carbocycles. The molecule has 0 aliphatic rings. The van der Waals surface area contributed by atoms with Gasteiger partial charge in [0.25, 0.3) is 0 Å². The van der Waals surface area contributed by atoms with Crippen molar-refractivity contribution in [2.75, 3.05) is 5.32 Å². The van der Waals surface area contributed by atoms with Crippen LogP contribution in [0.4, 0.5) is 10.1 Å². The van der Waals surface area contributed by atoms with Crippen molar-refractivity contribution in [2.45, 2.75) is 6.54 Å². The van der Waals surface area contributed by atoms with Crippen molar-refractivity contribution >= 4 is 21.6 Å². The Balaban J connectivity index is 1.75. The average Bonchev–Trinajstić information content (AvgIpc) is 3.01. The first kappa shape index (κ1) is 13.8. The summed E-state index contributed by atoms with van der Waals surface area (Å²) in [4.78, 5) is 4.03. The SMILES string of the molecule is Fc1cc(Br)ccc1CNc1cccc(-n2ccnc2)c1. The van der Waals surface area contributed by atoms with Crippen molar-refractivity contribution in [1.29, 1.82) is 0 Å². The fourth-order valence-electron chi connectivity index (χ4n) is 2.05. The maximum atomic E-state index is 13.8. The van der Waals surface area contributed by atoms with Gasteiger partial charge in [0.15, 0.2) is 0 Å². The topological polar surface area (TPSA) is 29.9 Å². The normalized spacial score (nSPS) is 10.6. The number of anilines is 1. The Morgan fingerprint density at radius 3 is 2.86 bits per heavy atom. The van der Waals surface area contributed by atoms with Crippen LogP contribution in [0.1, 0.15) is 5.56 Å². The second kappa shape index (κ2) is 6.10. The van der Waals surface area contributed by atoms with Crippen molar-refractivity contribution in [3.05, 3.63) is 77.0 Å². The van der Waals surface area contributed by atoms with Crippen LogP contribution >= 0.6 is 15.9 Å². The Labute approximate surface area is 130 Å². The summed E-state index contributed by atoms with van der Waals surface area (Å²) >= 11 is 3.25. The zero-order chi connectivity index (χ0) is 14.7. The smallest absolute Gasteiger partial charge is 0.129 e. The Morgan fingerprint density at radius 1 is 1.19 bits per heavy atom. The van der Waals surface area contributed by atoms with Crippen molar-refractivity contribution in [1.82, 2.24) is 9.55 Å². The van der Waals surface area contributed by atoms with Gasteiger partial charge in [-0.1, -0.05) is 28.1 Å². The summed E-state index contributed by atoms with van der Waals surface area (Å²) in [7, 11) is 0. The Hall–Kier alpha value is -2.14. The van der Waals surface area contributed by atoms with Crippen LogP contribution in [-0.2, 0) is 6.54 Å². The highest BCUT2D eigenvalue weighted by Crippen LogP contribution is 2.18. The summed E-state index contributed by atoms with van der Waals surface area (Å²) in [5.41, 5.74) is 2.57. The molecule has 0 unspecified atom stereocenters. The molecule has 0 atom stereocenters. The summed E-state index contributed by atoms with van der Waals surface area (Å²) < 4.78 is 16.4. The highest BCUT2D eigenvalue weighted by atomic mass is 79.9. The number of rotatable bonds is 4. The second-order valence-electron chi connectivity index (χ2n) is 4.61. The number of aromatic nitrogens is 2. The van der Waals surface area contributed by atoms with Gasteiger partial charge in [0.1, 0.15) is 5.82 Å². The summed E-state index contributed by atoms with van der Waals surface area (Å²) in [6.45, 7) is 0.437. The molecule has 106 valence electrons. The highest BCUT2D eigenvalue weighted by molar-refractivity contribution is 9.10. The molecule has 0 fully saturated rings. The quantitative estimate of drug-likeness (QED) is 0.760.